The maximum atomic E-state index is 11.6. The number of primary amides is 1. The molecular formula is C30H47Br3N2O8. The van der Waals surface area contributed by atoms with Gasteiger partial charge in [0.05, 0.1) is 13.2 Å². The highest BCUT2D eigenvalue weighted by atomic mass is 79.9. The number of hydrogen-bond donors (Lipinski definition) is 2. The third-order valence-electron chi connectivity index (χ3n) is 4.67. The molecule has 3 amide bonds. The number of cyclic esters (lactones) is 1. The van der Waals surface area contributed by atoms with Crippen LogP contribution >= 0.6 is 47.8 Å². The first kappa shape index (κ1) is 47.5. The Morgan fingerprint density at radius 1 is 0.860 bits per heavy atom. The zero-order valence-electron chi connectivity index (χ0n) is 22.6. The van der Waals surface area contributed by atoms with Crippen LogP contribution in [0, 0.1) is 0 Å². The Labute approximate surface area is 282 Å². The van der Waals surface area contributed by atoms with Crippen molar-refractivity contribution >= 4 is 71.9 Å². The van der Waals surface area contributed by atoms with Gasteiger partial charge >= 0.3 is 12.2 Å². The van der Waals surface area contributed by atoms with Crippen molar-refractivity contribution in [2.24, 2.45) is 5.73 Å². The summed E-state index contributed by atoms with van der Waals surface area (Å²) in [6.07, 6.45) is -1.42. The van der Waals surface area contributed by atoms with E-state index in [9.17, 15) is 19.2 Å². The number of imide groups is 1. The summed E-state index contributed by atoms with van der Waals surface area (Å²) < 4.78 is 13.8. The first-order chi connectivity index (χ1) is 19.1. The highest BCUT2D eigenvalue weighted by molar-refractivity contribution is 9.09. The van der Waals surface area contributed by atoms with Crippen LogP contribution in [0.2, 0.25) is 0 Å². The third kappa shape index (κ3) is 21.0. The molecule has 13 heteroatoms. The zero-order chi connectivity index (χ0) is 30.5. The topological polar surface area (TPSA) is 145 Å². The normalized spacial score (nSPS) is 12.4. The van der Waals surface area contributed by atoms with Crippen molar-refractivity contribution < 1.29 is 38.5 Å². The fourth-order valence-corrected chi connectivity index (χ4v) is 3.86. The maximum Gasteiger partial charge on any atom is 0.508 e. The number of nitrogens with two attached hydrogens (primary N) is 1. The molecule has 0 aromatic heterocycles. The molecule has 2 aromatic carbocycles. The minimum atomic E-state index is -0.690. The Hall–Kier alpha value is -2.48. The first-order valence-electron chi connectivity index (χ1n) is 12.1. The van der Waals surface area contributed by atoms with Gasteiger partial charge in [0.1, 0.15) is 6.61 Å². The second kappa shape index (κ2) is 28.3. The summed E-state index contributed by atoms with van der Waals surface area (Å²) >= 11 is 10.2. The van der Waals surface area contributed by atoms with Crippen LogP contribution in [0.1, 0.15) is 58.4 Å². The molecule has 0 aliphatic carbocycles. The molecule has 0 spiro atoms. The Morgan fingerprint density at radius 2 is 1.23 bits per heavy atom. The number of amides is 3. The van der Waals surface area contributed by atoms with E-state index in [1.165, 1.54) is 18.2 Å². The number of hydrogen-bond acceptors (Lipinski definition) is 8. The molecule has 0 saturated carbocycles. The van der Waals surface area contributed by atoms with Crippen molar-refractivity contribution in [1.82, 2.24) is 4.90 Å². The van der Waals surface area contributed by atoms with Crippen LogP contribution in [-0.2, 0) is 46.2 Å². The molecule has 3 N–H and O–H groups in total. The molecule has 1 saturated heterocycles. The largest absolute Gasteiger partial charge is 0.508 e. The monoisotopic (exact) mass is 800 g/mol. The quantitative estimate of drug-likeness (QED) is 0.212. The molecular weight excluding hydrogens is 756 g/mol. The molecule has 1 aliphatic rings. The summed E-state index contributed by atoms with van der Waals surface area (Å²) in [6.45, 7) is 3.66. The van der Waals surface area contributed by atoms with Gasteiger partial charge in [0.2, 0.25) is 5.91 Å². The molecule has 0 radical (unpaired) electrons. The van der Waals surface area contributed by atoms with Gasteiger partial charge in [-0.25, -0.2) is 14.5 Å². The second-order valence-corrected chi connectivity index (χ2v) is 9.44. The van der Waals surface area contributed by atoms with Crippen molar-refractivity contribution in [3.8, 4) is 0 Å². The number of aliphatic hydroxyl groups is 1. The van der Waals surface area contributed by atoms with Crippen LogP contribution in [0.3, 0.4) is 0 Å². The smallest absolute Gasteiger partial charge is 0.435 e. The van der Waals surface area contributed by atoms with E-state index in [0.29, 0.717) is 19.6 Å². The molecule has 0 bridgehead atoms. The number of carbonyl (C=O) groups is 4. The number of carbonyl (C=O) groups excluding carboxylic acids is 4. The van der Waals surface area contributed by atoms with Crippen molar-refractivity contribution in [2.45, 2.75) is 64.6 Å². The minimum Gasteiger partial charge on any atom is -0.435 e. The van der Waals surface area contributed by atoms with E-state index in [0.717, 1.165) is 32.0 Å². The molecule has 1 atom stereocenters. The van der Waals surface area contributed by atoms with Gasteiger partial charge in [-0.05, 0) is 36.1 Å². The van der Waals surface area contributed by atoms with Crippen LogP contribution in [0.25, 0.3) is 0 Å². The summed E-state index contributed by atoms with van der Waals surface area (Å²) in [5, 5.41) is 10.3. The molecule has 10 nitrogen and oxygen atoms in total. The second-order valence-electron chi connectivity index (χ2n) is 7.76. The summed E-state index contributed by atoms with van der Waals surface area (Å²) in [6, 6.07) is 16.3. The van der Waals surface area contributed by atoms with Gasteiger partial charge in [0.25, 0.3) is 5.91 Å². The summed E-state index contributed by atoms with van der Waals surface area (Å²) in [5.41, 5.74) is 9.19. The fraction of sp³-hybridized carbons (Fsp3) is 0.467. The summed E-state index contributed by atoms with van der Waals surface area (Å²) in [4.78, 5) is 43.4. The SMILES string of the molecule is BrCc1cccc(CBr)c1.C.C.C.CCOC(=O)OCC.CN1C(=O)OC(Cc2cccc(CBr)c2)C1=O.NC(=O)CO. The molecule has 1 unspecified atom stereocenters. The number of rotatable bonds is 8. The number of nitrogens with zero attached hydrogens (tertiary/aromatic N) is 1. The predicted molar refractivity (Wildman–Crippen MR) is 183 cm³/mol. The molecule has 2 aromatic rings. The van der Waals surface area contributed by atoms with Crippen molar-refractivity contribution in [2.75, 3.05) is 26.9 Å². The number of alkyl halides is 3. The van der Waals surface area contributed by atoms with Crippen LogP contribution < -0.4 is 5.73 Å². The average molecular weight is 803 g/mol. The van der Waals surface area contributed by atoms with E-state index in [4.69, 9.17) is 9.84 Å². The van der Waals surface area contributed by atoms with Gasteiger partial charge in [-0.3, -0.25) is 9.59 Å². The number of halogens is 3. The minimum absolute atomic E-state index is 0. The van der Waals surface area contributed by atoms with Gasteiger partial charge in [-0.2, -0.15) is 0 Å². The fourth-order valence-electron chi connectivity index (χ4n) is 2.81. The molecule has 1 heterocycles. The van der Waals surface area contributed by atoms with Gasteiger partial charge in [-0.15, -0.1) is 0 Å². The first-order valence-corrected chi connectivity index (χ1v) is 15.4. The van der Waals surface area contributed by atoms with Gasteiger partial charge in [-0.1, -0.05) is 119 Å². The standard InChI is InChI=1S/C12H12BrNO3.C8H8Br2.C5H10O3.C2H5NO2.3CH4/c1-14-11(15)10(17-12(14)16)6-8-3-2-4-9(5-8)7-13;9-5-7-2-1-3-8(4-7)6-10;1-3-7-5(6)8-4-2;3-2(5)1-4;;;/h2-5,10H,6-7H2,1H3;1-4H,5-6H2;3-4H2,1-2H3;4H,1H2,(H2,3,5);3*1H4. The molecule has 1 fully saturated rings. The molecule has 3 rings (SSSR count). The van der Waals surface area contributed by atoms with Crippen LogP contribution in [0.4, 0.5) is 9.59 Å². The summed E-state index contributed by atoms with van der Waals surface area (Å²) in [5.74, 6) is -0.968. The Bertz CT molecular complexity index is 1050. The van der Waals surface area contributed by atoms with E-state index in [-0.39, 0.29) is 28.2 Å². The number of aliphatic hydroxyl groups excluding tert-OH is 1. The van der Waals surface area contributed by atoms with E-state index in [1.54, 1.807) is 13.8 Å². The molecule has 246 valence electrons. The lowest BCUT2D eigenvalue weighted by Crippen LogP contribution is -2.28. The van der Waals surface area contributed by atoms with Crippen molar-refractivity contribution in [3.05, 3.63) is 70.8 Å². The lowest BCUT2D eigenvalue weighted by atomic mass is 10.1. The predicted octanol–water partition coefficient (Wildman–Crippen LogP) is 7.13. The zero-order valence-corrected chi connectivity index (χ0v) is 27.4. The van der Waals surface area contributed by atoms with Gasteiger partial charge < -0.3 is 25.1 Å². The van der Waals surface area contributed by atoms with Gasteiger partial charge in [0, 0.05) is 29.5 Å². The summed E-state index contributed by atoms with van der Waals surface area (Å²) in [7, 11) is 1.43. The molecule has 43 heavy (non-hydrogen) atoms. The molecule has 1 aliphatic heterocycles. The van der Waals surface area contributed by atoms with E-state index in [2.05, 4.69) is 87.3 Å². The number of ether oxygens (including phenoxy) is 3. The third-order valence-corrected chi connectivity index (χ3v) is 6.61. The Balaban J connectivity index is -0.000000254. The lowest BCUT2D eigenvalue weighted by Gasteiger charge is -2.07. The van der Waals surface area contributed by atoms with E-state index >= 15 is 0 Å². The lowest BCUT2D eigenvalue weighted by molar-refractivity contribution is -0.128. The van der Waals surface area contributed by atoms with Crippen LogP contribution in [0.5, 0.6) is 0 Å². The van der Waals surface area contributed by atoms with Crippen LogP contribution in [-0.4, -0.2) is 67.0 Å². The van der Waals surface area contributed by atoms with Crippen molar-refractivity contribution in [3.63, 3.8) is 0 Å². The van der Waals surface area contributed by atoms with Gasteiger partial charge in [0.15, 0.2) is 6.10 Å². The number of benzene rings is 2. The number of likely N-dealkylation sites (N-methyl/N-ethyl adjacent to an activating group) is 1. The highest BCUT2D eigenvalue weighted by Crippen LogP contribution is 2.17. The van der Waals surface area contributed by atoms with E-state index in [1.807, 2.05) is 24.3 Å². The van der Waals surface area contributed by atoms with Crippen molar-refractivity contribution in [1.29, 1.82) is 0 Å². The van der Waals surface area contributed by atoms with Crippen LogP contribution in [0.15, 0.2) is 48.5 Å². The Morgan fingerprint density at radius 3 is 1.53 bits per heavy atom. The average Bonchev–Trinajstić information content (AvgIpc) is 3.20. The Kier molecular flexibility index (Phi) is 31.2. The van der Waals surface area contributed by atoms with E-state index < -0.39 is 30.9 Å². The highest BCUT2D eigenvalue weighted by Gasteiger charge is 2.37. The maximum absolute atomic E-state index is 11.6.